The van der Waals surface area contributed by atoms with E-state index in [1.807, 2.05) is 0 Å². The molecule has 0 aliphatic rings. The molecular weight excluding hydrogens is 607 g/mol. The van der Waals surface area contributed by atoms with E-state index in [1.54, 1.807) is 54.8 Å². The van der Waals surface area contributed by atoms with Gasteiger partial charge in [-0.2, -0.15) is 13.2 Å². The van der Waals surface area contributed by atoms with Crippen LogP contribution in [0.25, 0.3) is 11.1 Å². The van der Waals surface area contributed by atoms with E-state index in [0.29, 0.717) is 32.9 Å². The van der Waals surface area contributed by atoms with Crippen molar-refractivity contribution in [1.29, 1.82) is 0 Å². The highest BCUT2D eigenvalue weighted by molar-refractivity contribution is 7.98. The zero-order valence-electron chi connectivity index (χ0n) is 22.9. The summed E-state index contributed by atoms with van der Waals surface area (Å²) in [6, 6.07) is 18.3. The number of nitrogens with zero attached hydrogens (tertiary/aromatic N) is 2. The predicted molar refractivity (Wildman–Crippen MR) is 150 cm³/mol. The van der Waals surface area contributed by atoms with Crippen LogP contribution in [0.2, 0.25) is 0 Å². The van der Waals surface area contributed by atoms with Gasteiger partial charge in [-0.3, -0.25) is 9.78 Å². The number of alkyl halides is 3. The molecule has 44 heavy (non-hydrogen) atoms. The molecule has 0 aliphatic heterocycles. The van der Waals surface area contributed by atoms with Crippen LogP contribution in [0.5, 0.6) is 5.75 Å². The Labute approximate surface area is 252 Å². The normalized spacial score (nSPS) is 11.1. The molecule has 4 rings (SSSR count). The molecule has 0 unspecified atom stereocenters. The molecular formula is C31H23F5N2O5S. The Morgan fingerprint density at radius 3 is 2.23 bits per heavy atom. The number of esters is 2. The predicted octanol–water partition coefficient (Wildman–Crippen LogP) is 6.60. The molecule has 0 atom stereocenters. The van der Waals surface area contributed by atoms with E-state index in [0.717, 1.165) is 17.0 Å². The maximum Gasteiger partial charge on any atom is 0.491 e. The molecule has 0 spiro atoms. The van der Waals surface area contributed by atoms with Gasteiger partial charge in [0.2, 0.25) is 0 Å². The van der Waals surface area contributed by atoms with E-state index >= 15 is 0 Å². The lowest BCUT2D eigenvalue weighted by atomic mass is 10.1. The van der Waals surface area contributed by atoms with Gasteiger partial charge < -0.3 is 14.4 Å². The zero-order chi connectivity index (χ0) is 31.9. The third-order valence-electron chi connectivity index (χ3n) is 6.16. The van der Waals surface area contributed by atoms with Crippen molar-refractivity contribution >= 4 is 29.6 Å². The van der Waals surface area contributed by atoms with Crippen molar-refractivity contribution < 1.29 is 45.8 Å². The van der Waals surface area contributed by atoms with Crippen molar-refractivity contribution in [2.24, 2.45) is 0 Å². The molecule has 0 saturated heterocycles. The zero-order valence-corrected chi connectivity index (χ0v) is 23.8. The van der Waals surface area contributed by atoms with Crippen LogP contribution >= 0.6 is 11.8 Å². The molecule has 228 valence electrons. The number of hydrogen-bond acceptors (Lipinski definition) is 7. The highest BCUT2D eigenvalue weighted by Gasteiger charge is 2.42. The van der Waals surface area contributed by atoms with Gasteiger partial charge in [-0.25, -0.2) is 18.4 Å². The minimum Gasteiger partial charge on any atom is -0.489 e. The van der Waals surface area contributed by atoms with Crippen molar-refractivity contribution in [1.82, 2.24) is 9.88 Å². The van der Waals surface area contributed by atoms with Crippen molar-refractivity contribution in [3.8, 4) is 16.9 Å². The number of hydrogen-bond donors (Lipinski definition) is 0. The Kier molecular flexibility index (Phi) is 10.3. The Hall–Kier alpha value is -4.78. The largest absolute Gasteiger partial charge is 0.491 e. The first-order valence-corrected chi connectivity index (χ1v) is 14.0. The second-order valence-corrected chi connectivity index (χ2v) is 10.1. The molecule has 3 aromatic carbocycles. The van der Waals surface area contributed by atoms with Gasteiger partial charge in [0.15, 0.2) is 11.6 Å². The van der Waals surface area contributed by atoms with Crippen LogP contribution in [0, 0.1) is 11.6 Å². The fourth-order valence-electron chi connectivity index (χ4n) is 4.05. The first-order chi connectivity index (χ1) is 20.9. The van der Waals surface area contributed by atoms with Gasteiger partial charge in [-0.15, -0.1) is 11.8 Å². The first kappa shape index (κ1) is 32.1. The number of halogens is 5. The summed E-state index contributed by atoms with van der Waals surface area (Å²) >= 11 is 1.28. The lowest BCUT2D eigenvalue weighted by Crippen LogP contribution is -2.38. The number of carbonyl (C=O) groups excluding carboxylic acids is 3. The third kappa shape index (κ3) is 8.40. The molecule has 13 heteroatoms. The SMILES string of the molecule is CSc1cc(F)c(F)cc1-c1ccc(OCc2cccc(C(=O)N(CC(=O)OC(=O)C(F)(F)F)Cc3ccncc3)c2)cc1. The lowest BCUT2D eigenvalue weighted by molar-refractivity contribution is -0.202. The standard InChI is InChI=1S/C31H23F5N2O5S/c1-44-27-15-26(33)25(32)14-24(27)21-5-7-23(8-6-21)42-18-20-3-2-4-22(13-20)29(40)38(16-19-9-11-37-12-10-19)17-28(39)43-30(41)31(34,35)36/h2-15H,16-18H2,1H3. The van der Waals surface area contributed by atoms with Gasteiger partial charge in [0.25, 0.3) is 5.91 Å². The minimum absolute atomic E-state index is 0.0220. The van der Waals surface area contributed by atoms with E-state index in [4.69, 9.17) is 4.74 Å². The average molecular weight is 631 g/mol. The maximum absolute atomic E-state index is 13.9. The molecule has 4 aromatic rings. The molecule has 0 radical (unpaired) electrons. The van der Waals surface area contributed by atoms with Gasteiger partial charge >= 0.3 is 18.1 Å². The smallest absolute Gasteiger partial charge is 0.489 e. The Bertz CT molecular complexity index is 1650. The number of rotatable bonds is 10. The fraction of sp³-hybridized carbons (Fsp3) is 0.161. The summed E-state index contributed by atoms with van der Waals surface area (Å²) < 4.78 is 74.9. The van der Waals surface area contributed by atoms with E-state index in [1.165, 1.54) is 36.3 Å². The van der Waals surface area contributed by atoms with Crippen molar-refractivity contribution in [3.63, 3.8) is 0 Å². The van der Waals surface area contributed by atoms with Crippen LogP contribution in [0.4, 0.5) is 22.0 Å². The summed E-state index contributed by atoms with van der Waals surface area (Å²) in [5.74, 6) is -6.38. The lowest BCUT2D eigenvalue weighted by Gasteiger charge is -2.22. The monoisotopic (exact) mass is 630 g/mol. The number of amides is 1. The summed E-state index contributed by atoms with van der Waals surface area (Å²) in [5, 5.41) is 0. The van der Waals surface area contributed by atoms with Crippen molar-refractivity contribution in [2.45, 2.75) is 24.2 Å². The van der Waals surface area contributed by atoms with Crippen LogP contribution in [-0.4, -0.2) is 46.7 Å². The van der Waals surface area contributed by atoms with Crippen LogP contribution < -0.4 is 4.74 Å². The fourth-order valence-corrected chi connectivity index (χ4v) is 4.67. The molecule has 0 aliphatic carbocycles. The Morgan fingerprint density at radius 1 is 0.886 bits per heavy atom. The van der Waals surface area contributed by atoms with E-state index in [-0.39, 0.29) is 18.7 Å². The van der Waals surface area contributed by atoms with Gasteiger partial charge in [0, 0.05) is 29.4 Å². The summed E-state index contributed by atoms with van der Waals surface area (Å²) in [6.45, 7) is -1.08. The Balaban J connectivity index is 1.47. The highest BCUT2D eigenvalue weighted by Crippen LogP contribution is 2.33. The van der Waals surface area contributed by atoms with Crippen LogP contribution in [-0.2, 0) is 27.5 Å². The Morgan fingerprint density at radius 2 is 1.57 bits per heavy atom. The van der Waals surface area contributed by atoms with Crippen molar-refractivity contribution in [2.75, 3.05) is 12.8 Å². The molecule has 0 fully saturated rings. The third-order valence-corrected chi connectivity index (χ3v) is 6.93. The summed E-state index contributed by atoms with van der Waals surface area (Å²) in [4.78, 5) is 42.0. The van der Waals surface area contributed by atoms with Gasteiger partial charge in [-0.05, 0) is 77.0 Å². The molecule has 7 nitrogen and oxygen atoms in total. The molecule has 1 amide bonds. The highest BCUT2D eigenvalue weighted by atomic mass is 32.2. The summed E-state index contributed by atoms with van der Waals surface area (Å²) in [7, 11) is 0. The van der Waals surface area contributed by atoms with Gasteiger partial charge in [-0.1, -0.05) is 24.3 Å². The minimum atomic E-state index is -5.37. The number of benzene rings is 3. The summed E-state index contributed by atoms with van der Waals surface area (Å²) in [6.07, 6.45) is -0.743. The number of ether oxygens (including phenoxy) is 2. The first-order valence-electron chi connectivity index (χ1n) is 12.8. The van der Waals surface area contributed by atoms with E-state index in [2.05, 4.69) is 9.72 Å². The van der Waals surface area contributed by atoms with E-state index in [9.17, 15) is 36.3 Å². The maximum atomic E-state index is 13.9. The second-order valence-electron chi connectivity index (χ2n) is 9.26. The molecule has 0 saturated carbocycles. The topological polar surface area (TPSA) is 85.8 Å². The number of aromatic nitrogens is 1. The number of carbonyl (C=O) groups is 3. The van der Waals surface area contributed by atoms with Crippen LogP contribution in [0.1, 0.15) is 21.5 Å². The van der Waals surface area contributed by atoms with Gasteiger partial charge in [0.05, 0.1) is 0 Å². The molecule has 1 aromatic heterocycles. The quantitative estimate of drug-likeness (QED) is 0.0845. The average Bonchev–Trinajstić information content (AvgIpc) is 3.01. The van der Waals surface area contributed by atoms with Crippen LogP contribution in [0.3, 0.4) is 0 Å². The molecule has 0 N–H and O–H groups in total. The van der Waals surface area contributed by atoms with Crippen LogP contribution in [0.15, 0.2) is 90.1 Å². The van der Waals surface area contributed by atoms with Crippen molar-refractivity contribution in [3.05, 3.63) is 114 Å². The second kappa shape index (κ2) is 14.1. The van der Waals surface area contributed by atoms with Gasteiger partial charge in [0.1, 0.15) is 18.9 Å². The summed E-state index contributed by atoms with van der Waals surface area (Å²) in [5.41, 5.74) is 2.37. The number of thioether (sulfide) groups is 1. The number of pyridine rings is 1. The molecule has 0 bridgehead atoms. The molecule has 1 heterocycles. The van der Waals surface area contributed by atoms with E-state index < -0.39 is 42.2 Å².